The molecule has 7 rings (SSSR count). The summed E-state index contributed by atoms with van der Waals surface area (Å²) in [6.45, 7) is 6.38. The lowest BCUT2D eigenvalue weighted by molar-refractivity contribution is -0.126. The number of carbonyl (C=O) groups is 2. The van der Waals surface area contributed by atoms with Crippen LogP contribution in [0.1, 0.15) is 49.5 Å². The number of fused-ring (bicyclic) bond motifs is 5. The van der Waals surface area contributed by atoms with Gasteiger partial charge >= 0.3 is 0 Å². The number of amides is 2. The van der Waals surface area contributed by atoms with Crippen molar-refractivity contribution in [2.75, 3.05) is 18.6 Å². The van der Waals surface area contributed by atoms with Crippen LogP contribution in [0.3, 0.4) is 0 Å². The van der Waals surface area contributed by atoms with Gasteiger partial charge in [-0.05, 0) is 79.8 Å². The zero-order valence-electron chi connectivity index (χ0n) is 25.1. The van der Waals surface area contributed by atoms with Crippen LogP contribution in [-0.4, -0.2) is 30.4 Å². The summed E-state index contributed by atoms with van der Waals surface area (Å²) in [5, 5.41) is 0.360. The summed E-state index contributed by atoms with van der Waals surface area (Å²) in [5.74, 6) is -0.142. The Morgan fingerprint density at radius 1 is 0.818 bits per heavy atom. The van der Waals surface area contributed by atoms with E-state index >= 15 is 4.79 Å². The monoisotopic (exact) mass is 584 g/mol. The van der Waals surface area contributed by atoms with Crippen molar-refractivity contribution in [2.45, 2.75) is 39.3 Å². The van der Waals surface area contributed by atoms with Crippen molar-refractivity contribution in [1.29, 1.82) is 0 Å². The van der Waals surface area contributed by atoms with Crippen molar-refractivity contribution in [3.63, 3.8) is 0 Å². The fourth-order valence-corrected chi connectivity index (χ4v) is 6.61. The number of carbonyl (C=O) groups excluding carboxylic acids is 2. The second-order valence-corrected chi connectivity index (χ2v) is 11.7. The Balaban J connectivity index is 1.44. The molecule has 0 bridgehead atoms. The number of hydrogen-bond acceptors (Lipinski definition) is 5. The van der Waals surface area contributed by atoms with Crippen LogP contribution in [0.5, 0.6) is 5.75 Å². The summed E-state index contributed by atoms with van der Waals surface area (Å²) in [7, 11) is 1.61. The predicted octanol–water partition coefficient (Wildman–Crippen LogP) is 6.22. The van der Waals surface area contributed by atoms with Gasteiger partial charge in [0.2, 0.25) is 5.76 Å². The number of ether oxygens (including phenoxy) is 1. The zero-order chi connectivity index (χ0) is 30.7. The molecule has 7 nitrogen and oxygen atoms in total. The summed E-state index contributed by atoms with van der Waals surface area (Å²) in [6, 6.07) is 26.7. The summed E-state index contributed by atoms with van der Waals surface area (Å²) < 4.78 is 11.6. The van der Waals surface area contributed by atoms with E-state index < -0.39 is 11.4 Å². The largest absolute Gasteiger partial charge is 0.497 e. The first-order chi connectivity index (χ1) is 21.2. The Morgan fingerprint density at radius 2 is 1.50 bits per heavy atom. The molecule has 1 atom stereocenters. The van der Waals surface area contributed by atoms with Crippen LogP contribution >= 0.6 is 0 Å². The van der Waals surface area contributed by atoms with Crippen molar-refractivity contribution >= 4 is 28.5 Å². The molecule has 220 valence electrons. The number of nitrogens with zero attached hydrogens (tertiary/aromatic N) is 2. The van der Waals surface area contributed by atoms with Crippen LogP contribution in [0.15, 0.2) is 94.1 Å². The maximum absolute atomic E-state index is 15.0. The summed E-state index contributed by atoms with van der Waals surface area (Å²) in [5.41, 5.74) is 4.61. The van der Waals surface area contributed by atoms with Crippen molar-refractivity contribution in [3.05, 3.63) is 140 Å². The standard InChI is InChI=1S/C37H32N2O5/c1-22-9-11-26(12-10-22)21-38-30-8-6-5-7-29(30)37(36(38)42)32-33(40)28-19-23(2)24(3)20-31(28)44-34(32)35(41)39(37)18-17-25-13-15-27(43-4)16-14-25/h5-16,19-20H,17-18,21H2,1-4H3. The molecule has 2 aliphatic heterocycles. The summed E-state index contributed by atoms with van der Waals surface area (Å²) in [4.78, 5) is 47.2. The van der Waals surface area contributed by atoms with E-state index in [0.29, 0.717) is 35.2 Å². The lowest BCUT2D eigenvalue weighted by Crippen LogP contribution is -2.53. The lowest BCUT2D eigenvalue weighted by atomic mass is 9.83. The number of rotatable bonds is 6. The minimum atomic E-state index is -1.66. The first-order valence-corrected chi connectivity index (χ1v) is 14.7. The Labute approximate surface area is 255 Å². The van der Waals surface area contributed by atoms with E-state index in [4.69, 9.17) is 9.15 Å². The Morgan fingerprint density at radius 3 is 2.23 bits per heavy atom. The summed E-state index contributed by atoms with van der Waals surface area (Å²) >= 11 is 0. The van der Waals surface area contributed by atoms with E-state index in [2.05, 4.69) is 0 Å². The molecule has 2 amide bonds. The molecular formula is C37H32N2O5. The maximum atomic E-state index is 15.0. The van der Waals surface area contributed by atoms with Crippen molar-refractivity contribution < 1.29 is 18.7 Å². The molecule has 4 aromatic carbocycles. The quantitative estimate of drug-likeness (QED) is 0.237. The molecule has 1 aromatic heterocycles. The topological polar surface area (TPSA) is 80.1 Å². The van der Waals surface area contributed by atoms with Crippen LogP contribution in [-0.2, 0) is 23.3 Å². The number of anilines is 1. The summed E-state index contributed by atoms with van der Waals surface area (Å²) in [6.07, 6.45) is 0.463. The molecule has 44 heavy (non-hydrogen) atoms. The second-order valence-electron chi connectivity index (χ2n) is 11.7. The third-order valence-electron chi connectivity index (χ3n) is 9.10. The van der Waals surface area contributed by atoms with Gasteiger partial charge in [0.1, 0.15) is 11.3 Å². The molecule has 0 N–H and O–H groups in total. The van der Waals surface area contributed by atoms with Gasteiger partial charge in [0.05, 0.1) is 30.3 Å². The third-order valence-corrected chi connectivity index (χ3v) is 9.10. The maximum Gasteiger partial charge on any atom is 0.291 e. The normalized spacial score (nSPS) is 17.1. The Bertz CT molecular complexity index is 2030. The molecule has 0 fully saturated rings. The smallest absolute Gasteiger partial charge is 0.291 e. The molecule has 0 aliphatic carbocycles. The average Bonchev–Trinajstić information content (AvgIpc) is 3.42. The molecule has 7 heteroatoms. The second kappa shape index (κ2) is 10.2. The van der Waals surface area contributed by atoms with Crippen LogP contribution in [0.25, 0.3) is 11.0 Å². The van der Waals surface area contributed by atoms with Gasteiger partial charge < -0.3 is 19.0 Å². The minimum absolute atomic E-state index is 0.0687. The Hall–Kier alpha value is -5.17. The molecule has 0 radical (unpaired) electrons. The fraction of sp³-hybridized carbons (Fsp3) is 0.216. The van der Waals surface area contributed by atoms with Gasteiger partial charge in [0.15, 0.2) is 11.0 Å². The fourth-order valence-electron chi connectivity index (χ4n) is 6.61. The molecule has 1 spiro atoms. The number of aryl methyl sites for hydroxylation is 3. The number of hydrogen-bond donors (Lipinski definition) is 0. The van der Waals surface area contributed by atoms with Gasteiger partial charge in [-0.25, -0.2) is 0 Å². The molecule has 1 unspecified atom stereocenters. The number of benzene rings is 4. The first-order valence-electron chi connectivity index (χ1n) is 14.7. The van der Waals surface area contributed by atoms with E-state index in [9.17, 15) is 9.59 Å². The first kappa shape index (κ1) is 27.7. The lowest BCUT2D eigenvalue weighted by Gasteiger charge is -2.34. The van der Waals surface area contributed by atoms with Gasteiger partial charge in [-0.3, -0.25) is 14.4 Å². The highest BCUT2D eigenvalue weighted by molar-refractivity contribution is 6.17. The van der Waals surface area contributed by atoms with Crippen LogP contribution < -0.4 is 15.1 Å². The van der Waals surface area contributed by atoms with Gasteiger partial charge in [0, 0.05) is 12.1 Å². The van der Waals surface area contributed by atoms with E-state index in [-0.39, 0.29) is 29.2 Å². The van der Waals surface area contributed by atoms with Crippen molar-refractivity contribution in [3.8, 4) is 5.75 Å². The van der Waals surface area contributed by atoms with E-state index in [0.717, 1.165) is 33.6 Å². The van der Waals surface area contributed by atoms with Gasteiger partial charge in [-0.1, -0.05) is 60.2 Å². The van der Waals surface area contributed by atoms with Gasteiger partial charge in [0.25, 0.3) is 11.8 Å². The average molecular weight is 585 g/mol. The number of para-hydroxylation sites is 1. The van der Waals surface area contributed by atoms with Crippen LogP contribution in [0.4, 0.5) is 5.69 Å². The highest BCUT2D eigenvalue weighted by atomic mass is 16.5. The predicted molar refractivity (Wildman–Crippen MR) is 169 cm³/mol. The van der Waals surface area contributed by atoms with E-state index in [1.54, 1.807) is 29.0 Å². The van der Waals surface area contributed by atoms with E-state index in [1.165, 1.54) is 0 Å². The molecular weight excluding hydrogens is 552 g/mol. The number of methoxy groups -OCH3 is 1. The molecule has 2 aliphatic rings. The van der Waals surface area contributed by atoms with Crippen molar-refractivity contribution in [2.24, 2.45) is 0 Å². The minimum Gasteiger partial charge on any atom is -0.497 e. The highest BCUT2D eigenvalue weighted by Gasteiger charge is 2.64. The Kier molecular flexibility index (Phi) is 6.43. The van der Waals surface area contributed by atoms with E-state index in [1.807, 2.05) is 93.6 Å². The van der Waals surface area contributed by atoms with Gasteiger partial charge in [-0.15, -0.1) is 0 Å². The molecule has 0 saturated carbocycles. The zero-order valence-corrected chi connectivity index (χ0v) is 25.1. The van der Waals surface area contributed by atoms with Crippen LogP contribution in [0.2, 0.25) is 0 Å². The third kappa shape index (κ3) is 3.99. The molecule has 0 saturated heterocycles. The molecule has 3 heterocycles. The van der Waals surface area contributed by atoms with Gasteiger partial charge in [-0.2, -0.15) is 0 Å². The SMILES string of the molecule is COc1ccc(CCN2C(=O)c3oc4cc(C)c(C)cc4c(=O)c3C23C(=O)N(Cc2ccc(C)cc2)c2ccccc23)cc1. The van der Waals surface area contributed by atoms with Crippen molar-refractivity contribution in [1.82, 2.24) is 4.90 Å². The molecule has 5 aromatic rings. The highest BCUT2D eigenvalue weighted by Crippen LogP contribution is 2.53. The van der Waals surface area contributed by atoms with Crippen LogP contribution in [0, 0.1) is 20.8 Å².